The van der Waals surface area contributed by atoms with Crippen molar-refractivity contribution in [1.82, 2.24) is 15.2 Å². The van der Waals surface area contributed by atoms with E-state index in [4.69, 9.17) is 9.47 Å². The number of nitrogens with zero attached hydrogens (tertiary/aromatic N) is 1. The van der Waals surface area contributed by atoms with Crippen LogP contribution in [0.4, 0.5) is 0 Å². The molecule has 0 aliphatic carbocycles. The van der Waals surface area contributed by atoms with Gasteiger partial charge < -0.3 is 19.8 Å². The quantitative estimate of drug-likeness (QED) is 0.851. The normalized spacial score (nSPS) is 17.7. The number of amides is 1. The van der Waals surface area contributed by atoms with Crippen LogP contribution in [0.1, 0.15) is 22.5 Å². The number of likely N-dealkylation sites (tertiary alicyclic amines) is 1. The van der Waals surface area contributed by atoms with Gasteiger partial charge in [0.15, 0.2) is 0 Å². The van der Waals surface area contributed by atoms with Gasteiger partial charge in [-0.2, -0.15) is 0 Å². The number of hydrogen-bond donors (Lipinski definition) is 2. The Labute approximate surface area is 141 Å². The Balaban J connectivity index is 1.57. The molecule has 1 fully saturated rings. The molecule has 2 N–H and O–H groups in total. The molecule has 3 rings (SSSR count). The fraction of sp³-hybridized carbons (Fsp3) is 0.389. The SMILES string of the molecule is COc1cc(CN2CC[C@@H](NC(=O)c3ccc[nH]3)C2)cc(OC)c1. The minimum absolute atomic E-state index is 0.0464. The van der Waals surface area contributed by atoms with E-state index in [9.17, 15) is 4.79 Å². The third-order valence-corrected chi connectivity index (χ3v) is 4.27. The molecule has 0 saturated carbocycles. The maximum atomic E-state index is 12.1. The largest absolute Gasteiger partial charge is 0.497 e. The smallest absolute Gasteiger partial charge is 0.267 e. The van der Waals surface area contributed by atoms with Crippen molar-refractivity contribution in [1.29, 1.82) is 0 Å². The maximum absolute atomic E-state index is 12.1. The molecule has 2 aromatic rings. The van der Waals surface area contributed by atoms with Crippen LogP contribution >= 0.6 is 0 Å². The molecule has 0 spiro atoms. The molecule has 128 valence electrons. The predicted octanol–water partition coefficient (Wildman–Crippen LogP) is 2.04. The summed E-state index contributed by atoms with van der Waals surface area (Å²) in [4.78, 5) is 17.4. The van der Waals surface area contributed by atoms with Gasteiger partial charge >= 0.3 is 0 Å². The molecule has 1 aromatic carbocycles. The standard InChI is InChI=1S/C18H23N3O3/c1-23-15-8-13(9-16(10-15)24-2)11-21-7-5-14(12-21)20-18(22)17-4-3-6-19-17/h3-4,6,8-10,14,19H,5,7,11-12H2,1-2H3,(H,20,22)/t14-/m1/s1. The second kappa shape index (κ2) is 7.40. The van der Waals surface area contributed by atoms with Crippen LogP contribution in [0.3, 0.4) is 0 Å². The van der Waals surface area contributed by atoms with Crippen LogP contribution in [0, 0.1) is 0 Å². The van der Waals surface area contributed by atoms with E-state index in [1.54, 1.807) is 26.5 Å². The summed E-state index contributed by atoms with van der Waals surface area (Å²) in [5.41, 5.74) is 1.74. The summed E-state index contributed by atoms with van der Waals surface area (Å²) in [6, 6.07) is 9.69. The Bertz CT molecular complexity index is 663. The fourth-order valence-electron chi connectivity index (χ4n) is 3.04. The molecule has 6 heteroatoms. The number of ether oxygens (including phenoxy) is 2. The Hall–Kier alpha value is -2.47. The van der Waals surface area contributed by atoms with E-state index in [1.165, 1.54) is 0 Å². The van der Waals surface area contributed by atoms with Crippen LogP contribution in [0.2, 0.25) is 0 Å². The topological polar surface area (TPSA) is 66.6 Å². The Morgan fingerprint density at radius 2 is 2.04 bits per heavy atom. The van der Waals surface area contributed by atoms with Gasteiger partial charge in [0.25, 0.3) is 5.91 Å². The molecule has 0 bridgehead atoms. The maximum Gasteiger partial charge on any atom is 0.267 e. The lowest BCUT2D eigenvalue weighted by Crippen LogP contribution is -2.37. The van der Waals surface area contributed by atoms with Crippen molar-refractivity contribution < 1.29 is 14.3 Å². The number of nitrogens with one attached hydrogen (secondary N) is 2. The Morgan fingerprint density at radius 3 is 2.67 bits per heavy atom. The number of hydrogen-bond acceptors (Lipinski definition) is 4. The van der Waals surface area contributed by atoms with E-state index < -0.39 is 0 Å². The van der Waals surface area contributed by atoms with Gasteiger partial charge in [0.2, 0.25) is 0 Å². The third-order valence-electron chi connectivity index (χ3n) is 4.27. The lowest BCUT2D eigenvalue weighted by Gasteiger charge is -2.17. The second-order valence-corrected chi connectivity index (χ2v) is 6.00. The monoisotopic (exact) mass is 329 g/mol. The van der Waals surface area contributed by atoms with E-state index >= 15 is 0 Å². The van der Waals surface area contributed by atoms with Gasteiger partial charge in [0.05, 0.1) is 14.2 Å². The molecule has 0 radical (unpaired) electrons. The first-order valence-corrected chi connectivity index (χ1v) is 8.06. The summed E-state index contributed by atoms with van der Waals surface area (Å²) in [6.45, 7) is 2.60. The molecule has 1 amide bonds. The highest BCUT2D eigenvalue weighted by Crippen LogP contribution is 2.24. The van der Waals surface area contributed by atoms with Crippen molar-refractivity contribution in [3.05, 3.63) is 47.8 Å². The van der Waals surface area contributed by atoms with Crippen LogP contribution in [-0.2, 0) is 6.54 Å². The number of aromatic nitrogens is 1. The first-order valence-electron chi connectivity index (χ1n) is 8.06. The molecule has 1 atom stereocenters. The van der Waals surface area contributed by atoms with Gasteiger partial charge in [-0.05, 0) is 36.2 Å². The highest BCUT2D eigenvalue weighted by Gasteiger charge is 2.24. The number of benzene rings is 1. The summed E-state index contributed by atoms with van der Waals surface area (Å²) in [7, 11) is 3.31. The minimum atomic E-state index is -0.0464. The molecule has 1 aliphatic heterocycles. The average Bonchev–Trinajstić information content (AvgIpc) is 3.26. The molecular weight excluding hydrogens is 306 g/mol. The van der Waals surface area contributed by atoms with Gasteiger partial charge in [-0.1, -0.05) is 0 Å². The second-order valence-electron chi connectivity index (χ2n) is 6.00. The zero-order valence-electron chi connectivity index (χ0n) is 14.0. The predicted molar refractivity (Wildman–Crippen MR) is 91.5 cm³/mol. The molecule has 0 unspecified atom stereocenters. The van der Waals surface area contributed by atoms with E-state index in [1.807, 2.05) is 24.3 Å². The first-order chi connectivity index (χ1) is 11.7. The third kappa shape index (κ3) is 3.89. The number of rotatable bonds is 6. The summed E-state index contributed by atoms with van der Waals surface area (Å²) < 4.78 is 10.6. The average molecular weight is 329 g/mol. The number of H-pyrrole nitrogens is 1. The number of methoxy groups -OCH3 is 2. The molecule has 1 aromatic heterocycles. The minimum Gasteiger partial charge on any atom is -0.497 e. The van der Waals surface area contributed by atoms with Crippen molar-refractivity contribution in [2.24, 2.45) is 0 Å². The van der Waals surface area contributed by atoms with Crippen LogP contribution in [0.15, 0.2) is 36.5 Å². The van der Waals surface area contributed by atoms with E-state index in [0.717, 1.165) is 43.1 Å². The van der Waals surface area contributed by atoms with Crippen molar-refractivity contribution in [3.8, 4) is 11.5 Å². The summed E-state index contributed by atoms with van der Waals surface area (Å²) in [5, 5.41) is 3.08. The number of carbonyl (C=O) groups is 1. The van der Waals surface area contributed by atoms with Crippen molar-refractivity contribution in [2.75, 3.05) is 27.3 Å². The summed E-state index contributed by atoms with van der Waals surface area (Å²) >= 11 is 0. The highest BCUT2D eigenvalue weighted by molar-refractivity contribution is 5.92. The van der Waals surface area contributed by atoms with Gasteiger partial charge in [-0.3, -0.25) is 9.69 Å². The Kier molecular flexibility index (Phi) is 5.05. The summed E-state index contributed by atoms with van der Waals surface area (Å²) in [6.07, 6.45) is 2.71. The Morgan fingerprint density at radius 1 is 1.29 bits per heavy atom. The molecule has 1 aliphatic rings. The van der Waals surface area contributed by atoms with Crippen LogP contribution in [0.25, 0.3) is 0 Å². The van der Waals surface area contributed by atoms with E-state index in [2.05, 4.69) is 15.2 Å². The molecular formula is C18H23N3O3. The molecule has 24 heavy (non-hydrogen) atoms. The highest BCUT2D eigenvalue weighted by atomic mass is 16.5. The lowest BCUT2D eigenvalue weighted by atomic mass is 10.2. The fourth-order valence-corrected chi connectivity index (χ4v) is 3.04. The van der Waals surface area contributed by atoms with Gasteiger partial charge in [0.1, 0.15) is 17.2 Å². The van der Waals surface area contributed by atoms with Crippen LogP contribution < -0.4 is 14.8 Å². The number of carbonyl (C=O) groups excluding carboxylic acids is 1. The van der Waals surface area contributed by atoms with Crippen molar-refractivity contribution in [3.63, 3.8) is 0 Å². The van der Waals surface area contributed by atoms with Gasteiger partial charge in [-0.15, -0.1) is 0 Å². The van der Waals surface area contributed by atoms with Gasteiger partial charge in [0, 0.05) is 37.9 Å². The van der Waals surface area contributed by atoms with Crippen molar-refractivity contribution in [2.45, 2.75) is 19.0 Å². The molecule has 2 heterocycles. The van der Waals surface area contributed by atoms with Gasteiger partial charge in [-0.25, -0.2) is 0 Å². The van der Waals surface area contributed by atoms with E-state index in [0.29, 0.717) is 5.69 Å². The summed E-state index contributed by atoms with van der Waals surface area (Å²) in [5.74, 6) is 1.54. The molecule has 1 saturated heterocycles. The zero-order valence-corrected chi connectivity index (χ0v) is 14.0. The first kappa shape index (κ1) is 16.4. The van der Waals surface area contributed by atoms with Crippen molar-refractivity contribution >= 4 is 5.91 Å². The van der Waals surface area contributed by atoms with Crippen LogP contribution in [0.5, 0.6) is 11.5 Å². The molecule has 6 nitrogen and oxygen atoms in total. The van der Waals surface area contributed by atoms with Crippen LogP contribution in [-0.4, -0.2) is 49.1 Å². The van der Waals surface area contributed by atoms with E-state index in [-0.39, 0.29) is 11.9 Å². The number of aromatic amines is 1. The zero-order chi connectivity index (χ0) is 16.9. The lowest BCUT2D eigenvalue weighted by molar-refractivity contribution is 0.0933.